The molecule has 0 aliphatic heterocycles. The summed E-state index contributed by atoms with van der Waals surface area (Å²) in [5.74, 6) is 0.302. The average molecular weight is 286 g/mol. The van der Waals surface area contributed by atoms with E-state index < -0.39 is 0 Å². The summed E-state index contributed by atoms with van der Waals surface area (Å²) in [6.45, 7) is 1.65. The Morgan fingerprint density at radius 1 is 1.39 bits per heavy atom. The minimum absolute atomic E-state index is 0.111. The molecule has 0 spiro atoms. The first-order valence-electron chi connectivity index (χ1n) is 4.94. The molecule has 7 heteroatoms. The summed E-state index contributed by atoms with van der Waals surface area (Å²) in [6, 6.07) is 5.05. The number of hydrogen-bond acceptors (Lipinski definition) is 4. The van der Waals surface area contributed by atoms with Crippen LogP contribution in [0.25, 0.3) is 11.3 Å². The highest BCUT2D eigenvalue weighted by atomic mass is 35.5. The maximum absolute atomic E-state index is 8.77. The van der Waals surface area contributed by atoms with E-state index in [1.54, 1.807) is 25.1 Å². The van der Waals surface area contributed by atoms with Gasteiger partial charge in [0.15, 0.2) is 5.84 Å². The fourth-order valence-corrected chi connectivity index (χ4v) is 2.19. The molecule has 3 N–H and O–H groups in total. The van der Waals surface area contributed by atoms with Gasteiger partial charge in [0, 0.05) is 5.56 Å². The van der Waals surface area contributed by atoms with Crippen molar-refractivity contribution in [3.05, 3.63) is 39.6 Å². The number of amidine groups is 1. The number of oxime groups is 1. The summed E-state index contributed by atoms with van der Waals surface area (Å²) in [7, 11) is 0. The lowest BCUT2D eigenvalue weighted by atomic mass is 10.1. The topological polar surface area (TPSA) is 84.6 Å². The molecular formula is C11H9Cl2N3O2. The lowest BCUT2D eigenvalue weighted by molar-refractivity contribution is 0.318. The molecule has 0 aliphatic carbocycles. The summed E-state index contributed by atoms with van der Waals surface area (Å²) in [5.41, 5.74) is 6.79. The molecule has 2 rings (SSSR count). The third-order valence-corrected chi connectivity index (χ3v) is 3.06. The summed E-state index contributed by atoms with van der Waals surface area (Å²) in [4.78, 5) is 0. The molecule has 0 bridgehead atoms. The summed E-state index contributed by atoms with van der Waals surface area (Å²) < 4.78 is 5.04. The zero-order valence-electron chi connectivity index (χ0n) is 9.32. The maximum Gasteiger partial charge on any atom is 0.175 e. The molecule has 2 aromatic rings. The van der Waals surface area contributed by atoms with Crippen molar-refractivity contribution in [1.29, 1.82) is 0 Å². The SMILES string of the molecule is Cc1onc(-c2c(Cl)cccc2Cl)c1/C(N)=N/O. The van der Waals surface area contributed by atoms with E-state index >= 15 is 0 Å². The second-order valence-corrected chi connectivity index (χ2v) is 4.36. The van der Waals surface area contributed by atoms with Crippen LogP contribution in [-0.2, 0) is 0 Å². The highest BCUT2D eigenvalue weighted by molar-refractivity contribution is 6.39. The molecule has 0 saturated carbocycles. The standard InChI is InChI=1S/C11H9Cl2N3O2/c1-5-8(11(14)15-17)10(16-18-5)9-6(12)3-2-4-7(9)13/h2-4,17H,1H3,(H2,14,15). The van der Waals surface area contributed by atoms with Gasteiger partial charge in [-0.3, -0.25) is 0 Å². The van der Waals surface area contributed by atoms with Gasteiger partial charge in [0.05, 0.1) is 15.6 Å². The normalized spacial score (nSPS) is 11.8. The van der Waals surface area contributed by atoms with Gasteiger partial charge in [0.2, 0.25) is 0 Å². The monoisotopic (exact) mass is 285 g/mol. The Labute approximate surface area is 113 Å². The van der Waals surface area contributed by atoms with Crippen LogP contribution < -0.4 is 5.73 Å². The van der Waals surface area contributed by atoms with Gasteiger partial charge >= 0.3 is 0 Å². The van der Waals surface area contributed by atoms with Crippen LogP contribution >= 0.6 is 23.2 Å². The zero-order chi connectivity index (χ0) is 13.3. The van der Waals surface area contributed by atoms with E-state index in [2.05, 4.69) is 10.3 Å². The Kier molecular flexibility index (Phi) is 3.45. The fraction of sp³-hybridized carbons (Fsp3) is 0.0909. The molecule has 18 heavy (non-hydrogen) atoms. The van der Waals surface area contributed by atoms with E-state index in [4.69, 9.17) is 38.7 Å². The first kappa shape index (κ1) is 12.7. The molecule has 0 radical (unpaired) electrons. The molecule has 0 fully saturated rings. The van der Waals surface area contributed by atoms with Gasteiger partial charge in [-0.1, -0.05) is 39.6 Å². The van der Waals surface area contributed by atoms with E-state index in [1.807, 2.05) is 0 Å². The van der Waals surface area contributed by atoms with Crippen LogP contribution in [0.1, 0.15) is 11.3 Å². The largest absolute Gasteiger partial charge is 0.409 e. The minimum Gasteiger partial charge on any atom is -0.409 e. The highest BCUT2D eigenvalue weighted by Gasteiger charge is 2.22. The number of halogens is 2. The van der Waals surface area contributed by atoms with Gasteiger partial charge in [-0.05, 0) is 19.1 Å². The third-order valence-electron chi connectivity index (χ3n) is 2.43. The smallest absolute Gasteiger partial charge is 0.175 e. The second kappa shape index (κ2) is 4.88. The number of aromatic nitrogens is 1. The second-order valence-electron chi connectivity index (χ2n) is 3.54. The molecule has 0 aliphatic rings. The van der Waals surface area contributed by atoms with Gasteiger partial charge in [0.1, 0.15) is 11.5 Å². The summed E-state index contributed by atoms with van der Waals surface area (Å²) in [5, 5.41) is 16.4. The molecule has 5 nitrogen and oxygen atoms in total. The summed E-state index contributed by atoms with van der Waals surface area (Å²) >= 11 is 12.2. The van der Waals surface area contributed by atoms with Gasteiger partial charge < -0.3 is 15.5 Å². The Balaban J connectivity index is 2.73. The van der Waals surface area contributed by atoms with Crippen molar-refractivity contribution >= 4 is 29.0 Å². The Morgan fingerprint density at radius 2 is 2.00 bits per heavy atom. The van der Waals surface area contributed by atoms with E-state index in [1.165, 1.54) is 0 Å². The number of benzene rings is 1. The molecule has 1 aromatic heterocycles. The highest BCUT2D eigenvalue weighted by Crippen LogP contribution is 2.36. The molecule has 1 aromatic carbocycles. The fourth-order valence-electron chi connectivity index (χ4n) is 1.62. The van der Waals surface area contributed by atoms with Crippen LogP contribution in [0.4, 0.5) is 0 Å². The lowest BCUT2D eigenvalue weighted by Gasteiger charge is -2.05. The molecule has 0 unspecified atom stereocenters. The van der Waals surface area contributed by atoms with Gasteiger partial charge in [-0.25, -0.2) is 0 Å². The first-order chi connectivity index (χ1) is 8.56. The average Bonchev–Trinajstić information content (AvgIpc) is 2.70. The first-order valence-corrected chi connectivity index (χ1v) is 5.70. The van der Waals surface area contributed by atoms with E-state index in [9.17, 15) is 0 Å². The van der Waals surface area contributed by atoms with Gasteiger partial charge in [-0.15, -0.1) is 0 Å². The Morgan fingerprint density at radius 3 is 2.56 bits per heavy atom. The number of nitrogens with zero attached hydrogens (tertiary/aromatic N) is 2. The zero-order valence-corrected chi connectivity index (χ0v) is 10.8. The number of nitrogens with two attached hydrogens (primary N) is 1. The van der Waals surface area contributed by atoms with Gasteiger partial charge in [-0.2, -0.15) is 0 Å². The van der Waals surface area contributed by atoms with E-state index in [0.29, 0.717) is 32.6 Å². The Bertz CT molecular complexity index is 602. The Hall–Kier alpha value is -1.72. The van der Waals surface area contributed by atoms with Crippen LogP contribution in [-0.4, -0.2) is 16.2 Å². The van der Waals surface area contributed by atoms with Crippen molar-refractivity contribution < 1.29 is 9.73 Å². The summed E-state index contributed by atoms with van der Waals surface area (Å²) in [6.07, 6.45) is 0. The predicted molar refractivity (Wildman–Crippen MR) is 69.2 cm³/mol. The molecule has 1 heterocycles. The molecule has 0 saturated heterocycles. The minimum atomic E-state index is -0.111. The maximum atomic E-state index is 8.77. The number of hydrogen-bond donors (Lipinski definition) is 2. The number of rotatable bonds is 2. The van der Waals surface area contributed by atoms with Gasteiger partial charge in [0.25, 0.3) is 0 Å². The van der Waals surface area contributed by atoms with Crippen molar-refractivity contribution in [2.24, 2.45) is 10.9 Å². The third kappa shape index (κ3) is 2.02. The predicted octanol–water partition coefficient (Wildman–Crippen LogP) is 3.05. The molecule has 94 valence electrons. The molecular weight excluding hydrogens is 277 g/mol. The molecule has 0 amide bonds. The van der Waals surface area contributed by atoms with Crippen LogP contribution in [0.3, 0.4) is 0 Å². The van der Waals surface area contributed by atoms with Crippen molar-refractivity contribution in [2.45, 2.75) is 6.92 Å². The van der Waals surface area contributed by atoms with Crippen molar-refractivity contribution in [3.8, 4) is 11.3 Å². The lowest BCUT2D eigenvalue weighted by Crippen LogP contribution is -2.14. The van der Waals surface area contributed by atoms with Crippen molar-refractivity contribution in [2.75, 3.05) is 0 Å². The number of aryl methyl sites for hydroxylation is 1. The van der Waals surface area contributed by atoms with E-state index in [0.717, 1.165) is 0 Å². The van der Waals surface area contributed by atoms with Crippen molar-refractivity contribution in [1.82, 2.24) is 5.16 Å². The quantitative estimate of drug-likeness (QED) is 0.384. The van der Waals surface area contributed by atoms with Crippen LogP contribution in [0.15, 0.2) is 27.9 Å². The van der Waals surface area contributed by atoms with Crippen LogP contribution in [0.5, 0.6) is 0 Å². The van der Waals surface area contributed by atoms with Crippen LogP contribution in [0, 0.1) is 6.92 Å². The molecule has 0 atom stereocenters. The van der Waals surface area contributed by atoms with E-state index in [-0.39, 0.29) is 5.84 Å². The van der Waals surface area contributed by atoms with Crippen LogP contribution in [0.2, 0.25) is 10.0 Å². The van der Waals surface area contributed by atoms with Crippen molar-refractivity contribution in [3.63, 3.8) is 0 Å².